The van der Waals surface area contributed by atoms with Gasteiger partial charge in [0.15, 0.2) is 0 Å². The predicted molar refractivity (Wildman–Crippen MR) is 83.7 cm³/mol. The third-order valence-corrected chi connectivity index (χ3v) is 4.70. The minimum atomic E-state index is 0.0361. The fraction of sp³-hybridized carbons (Fsp3) is 0.588. The van der Waals surface area contributed by atoms with Crippen LogP contribution in [0.15, 0.2) is 18.2 Å². The molecule has 0 bridgehead atoms. The van der Waals surface area contributed by atoms with Gasteiger partial charge in [-0.2, -0.15) is 0 Å². The van der Waals surface area contributed by atoms with Gasteiger partial charge < -0.3 is 15.4 Å². The standard InChI is InChI=1S/C17H24N2O2/c1-17(7-10-21-11-8-17)12-19-16(20)14-6-2-4-13-5-3-9-18-15(13)14/h2,4,6,18H,3,5,7-12H2,1H3,(H,19,20). The molecule has 21 heavy (non-hydrogen) atoms. The molecule has 1 aromatic rings. The average Bonchev–Trinajstić information content (AvgIpc) is 2.53. The van der Waals surface area contributed by atoms with E-state index in [1.807, 2.05) is 12.1 Å². The second-order valence-corrected chi connectivity index (χ2v) is 6.48. The van der Waals surface area contributed by atoms with E-state index in [-0.39, 0.29) is 11.3 Å². The summed E-state index contributed by atoms with van der Waals surface area (Å²) in [6.07, 6.45) is 4.21. The van der Waals surface area contributed by atoms with Gasteiger partial charge in [-0.05, 0) is 42.7 Å². The average molecular weight is 288 g/mol. The summed E-state index contributed by atoms with van der Waals surface area (Å²) in [7, 11) is 0. The van der Waals surface area contributed by atoms with Gasteiger partial charge in [0.2, 0.25) is 0 Å². The van der Waals surface area contributed by atoms with Gasteiger partial charge in [0.25, 0.3) is 5.91 Å². The van der Waals surface area contributed by atoms with Crippen LogP contribution in [0.2, 0.25) is 0 Å². The number of carbonyl (C=O) groups excluding carboxylic acids is 1. The van der Waals surface area contributed by atoms with Crippen LogP contribution in [-0.4, -0.2) is 32.2 Å². The Morgan fingerprint density at radius 2 is 2.19 bits per heavy atom. The molecule has 0 aromatic heterocycles. The van der Waals surface area contributed by atoms with Crippen LogP contribution in [0.3, 0.4) is 0 Å². The fourth-order valence-electron chi connectivity index (χ4n) is 3.13. The molecular weight excluding hydrogens is 264 g/mol. The number of amides is 1. The zero-order valence-electron chi connectivity index (χ0n) is 12.7. The van der Waals surface area contributed by atoms with E-state index in [2.05, 4.69) is 23.6 Å². The fourth-order valence-corrected chi connectivity index (χ4v) is 3.13. The molecule has 0 atom stereocenters. The van der Waals surface area contributed by atoms with Crippen LogP contribution in [0, 0.1) is 5.41 Å². The number of aryl methyl sites for hydroxylation is 1. The van der Waals surface area contributed by atoms with Crippen molar-refractivity contribution in [3.05, 3.63) is 29.3 Å². The van der Waals surface area contributed by atoms with Gasteiger partial charge >= 0.3 is 0 Å². The highest BCUT2D eigenvalue weighted by Crippen LogP contribution is 2.29. The first kappa shape index (κ1) is 14.4. The Kier molecular flexibility index (Phi) is 4.15. The van der Waals surface area contributed by atoms with Crippen LogP contribution in [0.4, 0.5) is 5.69 Å². The molecule has 2 aliphatic heterocycles. The van der Waals surface area contributed by atoms with Gasteiger partial charge in [0.1, 0.15) is 0 Å². The lowest BCUT2D eigenvalue weighted by atomic mass is 9.82. The van der Waals surface area contributed by atoms with E-state index in [4.69, 9.17) is 4.74 Å². The normalized spacial score (nSPS) is 20.2. The second kappa shape index (κ2) is 6.06. The molecule has 1 amide bonds. The van der Waals surface area contributed by atoms with E-state index in [1.165, 1.54) is 5.56 Å². The Bertz CT molecular complexity index is 522. The topological polar surface area (TPSA) is 50.4 Å². The van der Waals surface area contributed by atoms with Gasteiger partial charge in [-0.3, -0.25) is 4.79 Å². The molecule has 0 radical (unpaired) electrons. The molecule has 4 nitrogen and oxygen atoms in total. The van der Waals surface area contributed by atoms with Gasteiger partial charge in [0, 0.05) is 26.3 Å². The molecule has 1 aromatic carbocycles. The van der Waals surface area contributed by atoms with Crippen molar-refractivity contribution in [3.8, 4) is 0 Å². The van der Waals surface area contributed by atoms with Crippen LogP contribution < -0.4 is 10.6 Å². The highest BCUT2D eigenvalue weighted by atomic mass is 16.5. The first-order chi connectivity index (χ1) is 10.2. The molecule has 3 rings (SSSR count). The van der Waals surface area contributed by atoms with E-state index in [0.29, 0.717) is 0 Å². The van der Waals surface area contributed by atoms with E-state index >= 15 is 0 Å². The summed E-state index contributed by atoms with van der Waals surface area (Å²) in [5, 5.41) is 6.50. The maximum Gasteiger partial charge on any atom is 0.253 e. The molecule has 0 spiro atoms. The highest BCUT2D eigenvalue weighted by Gasteiger charge is 2.28. The molecule has 114 valence electrons. The molecule has 0 aliphatic carbocycles. The molecule has 1 fully saturated rings. The number of ether oxygens (including phenoxy) is 1. The maximum atomic E-state index is 12.5. The molecule has 0 unspecified atom stereocenters. The van der Waals surface area contributed by atoms with Crippen LogP contribution >= 0.6 is 0 Å². The minimum Gasteiger partial charge on any atom is -0.384 e. The number of hydrogen-bond donors (Lipinski definition) is 2. The number of hydrogen-bond acceptors (Lipinski definition) is 3. The lowest BCUT2D eigenvalue weighted by Crippen LogP contribution is -2.39. The van der Waals surface area contributed by atoms with E-state index < -0.39 is 0 Å². The summed E-state index contributed by atoms with van der Waals surface area (Å²) in [6.45, 7) is 5.50. The number of benzene rings is 1. The van der Waals surface area contributed by atoms with Gasteiger partial charge in [-0.15, -0.1) is 0 Å². The van der Waals surface area contributed by atoms with Crippen molar-refractivity contribution < 1.29 is 9.53 Å². The summed E-state index contributed by atoms with van der Waals surface area (Å²) in [5.41, 5.74) is 3.23. The van der Waals surface area contributed by atoms with Crippen LogP contribution in [0.25, 0.3) is 0 Å². The Labute approximate surface area is 126 Å². The van der Waals surface area contributed by atoms with Crippen LogP contribution in [0.1, 0.15) is 42.1 Å². The molecule has 1 saturated heterocycles. The van der Waals surface area contributed by atoms with E-state index in [0.717, 1.165) is 63.2 Å². The second-order valence-electron chi connectivity index (χ2n) is 6.48. The van der Waals surface area contributed by atoms with Gasteiger partial charge in [-0.25, -0.2) is 0 Å². The zero-order valence-corrected chi connectivity index (χ0v) is 12.7. The zero-order chi connectivity index (χ0) is 14.7. The highest BCUT2D eigenvalue weighted by molar-refractivity contribution is 6.00. The molecule has 2 N–H and O–H groups in total. The Hall–Kier alpha value is -1.55. The molecular formula is C17H24N2O2. The Morgan fingerprint density at radius 3 is 3.00 bits per heavy atom. The van der Waals surface area contributed by atoms with E-state index in [1.54, 1.807) is 0 Å². The van der Waals surface area contributed by atoms with E-state index in [9.17, 15) is 4.79 Å². The number of rotatable bonds is 3. The molecule has 2 aliphatic rings. The smallest absolute Gasteiger partial charge is 0.253 e. The molecule has 2 heterocycles. The third kappa shape index (κ3) is 3.21. The van der Waals surface area contributed by atoms with Crippen molar-refractivity contribution in [2.24, 2.45) is 5.41 Å². The van der Waals surface area contributed by atoms with Crippen molar-refractivity contribution in [2.75, 3.05) is 31.6 Å². The van der Waals surface area contributed by atoms with Crippen molar-refractivity contribution in [2.45, 2.75) is 32.6 Å². The maximum absolute atomic E-state index is 12.5. The van der Waals surface area contributed by atoms with Crippen LogP contribution in [0.5, 0.6) is 0 Å². The van der Waals surface area contributed by atoms with Crippen molar-refractivity contribution in [1.82, 2.24) is 5.32 Å². The minimum absolute atomic E-state index is 0.0361. The molecule has 0 saturated carbocycles. The summed E-state index contributed by atoms with van der Waals surface area (Å²) < 4.78 is 5.41. The lowest BCUT2D eigenvalue weighted by Gasteiger charge is -2.33. The predicted octanol–water partition coefficient (Wildman–Crippen LogP) is 2.59. The number of para-hydroxylation sites is 1. The SMILES string of the molecule is CC1(CNC(=O)c2cccc3c2NCCC3)CCOCC1. The lowest BCUT2D eigenvalue weighted by molar-refractivity contribution is 0.0238. The third-order valence-electron chi connectivity index (χ3n) is 4.70. The number of anilines is 1. The Morgan fingerprint density at radius 1 is 1.38 bits per heavy atom. The number of fused-ring (bicyclic) bond motifs is 1. The first-order valence-corrected chi connectivity index (χ1v) is 7.90. The largest absolute Gasteiger partial charge is 0.384 e. The monoisotopic (exact) mass is 288 g/mol. The summed E-state index contributed by atoms with van der Waals surface area (Å²) in [4.78, 5) is 12.5. The van der Waals surface area contributed by atoms with Gasteiger partial charge in [-0.1, -0.05) is 19.1 Å². The number of nitrogens with one attached hydrogen (secondary N) is 2. The summed E-state index contributed by atoms with van der Waals surface area (Å²) in [6, 6.07) is 6.01. The van der Waals surface area contributed by atoms with Crippen molar-refractivity contribution in [3.63, 3.8) is 0 Å². The van der Waals surface area contributed by atoms with Gasteiger partial charge in [0.05, 0.1) is 11.3 Å². The summed E-state index contributed by atoms with van der Waals surface area (Å²) >= 11 is 0. The molecule has 4 heteroatoms. The quantitative estimate of drug-likeness (QED) is 0.899. The number of carbonyl (C=O) groups is 1. The van der Waals surface area contributed by atoms with Crippen molar-refractivity contribution in [1.29, 1.82) is 0 Å². The summed E-state index contributed by atoms with van der Waals surface area (Å²) in [5.74, 6) is 0.0361. The van der Waals surface area contributed by atoms with Crippen LogP contribution in [-0.2, 0) is 11.2 Å². The Balaban J connectivity index is 1.68. The first-order valence-electron chi connectivity index (χ1n) is 7.90. The van der Waals surface area contributed by atoms with Crippen molar-refractivity contribution >= 4 is 11.6 Å².